The van der Waals surface area contributed by atoms with E-state index in [1.54, 1.807) is 23.0 Å². The summed E-state index contributed by atoms with van der Waals surface area (Å²) in [6.07, 6.45) is 13.4. The van der Waals surface area contributed by atoms with Gasteiger partial charge in [-0.05, 0) is 48.6 Å². The molecule has 5 aromatic rings. The van der Waals surface area contributed by atoms with E-state index >= 15 is 0 Å². The van der Waals surface area contributed by atoms with Crippen molar-refractivity contribution in [1.29, 1.82) is 0 Å². The van der Waals surface area contributed by atoms with Crippen LogP contribution in [0.15, 0.2) is 77.9 Å². The van der Waals surface area contributed by atoms with Crippen LogP contribution in [0.1, 0.15) is 54.4 Å². The van der Waals surface area contributed by atoms with Crippen LogP contribution in [0.25, 0.3) is 28.3 Å². The number of anilines is 1. The number of rotatable bonds is 5. The maximum atomic E-state index is 13.4. The zero-order chi connectivity index (χ0) is 27.4. The number of hydrogen-bond donors (Lipinski definition) is 2. The lowest BCUT2D eigenvalue weighted by Crippen LogP contribution is -2.24. The molecule has 0 unspecified atom stereocenters. The molecule has 1 saturated carbocycles. The molecule has 4 N–H and O–H groups in total. The Bertz CT molecular complexity index is 1710. The van der Waals surface area contributed by atoms with Crippen LogP contribution in [0.4, 0.5) is 5.82 Å². The lowest BCUT2D eigenvalue weighted by molar-refractivity contribution is 0.100. The number of aryl methyl sites for hydroxylation is 1. The normalized spacial score (nSPS) is 13.7. The van der Waals surface area contributed by atoms with Gasteiger partial charge in [-0.2, -0.15) is 0 Å². The lowest BCUT2D eigenvalue weighted by atomic mass is 10.0. The van der Waals surface area contributed by atoms with E-state index in [1.807, 2.05) is 55.5 Å². The number of benzene rings is 2. The third-order valence-corrected chi connectivity index (χ3v) is 6.95. The van der Waals surface area contributed by atoms with Gasteiger partial charge in [0.15, 0.2) is 11.5 Å². The van der Waals surface area contributed by atoms with Crippen molar-refractivity contribution >= 4 is 34.4 Å². The van der Waals surface area contributed by atoms with Crippen molar-refractivity contribution in [1.82, 2.24) is 24.1 Å². The summed E-state index contributed by atoms with van der Waals surface area (Å²) in [6, 6.07) is 17.4. The van der Waals surface area contributed by atoms with Crippen LogP contribution in [-0.4, -0.2) is 30.1 Å². The van der Waals surface area contributed by atoms with E-state index in [0.29, 0.717) is 23.4 Å². The number of nitrogens with zero attached hydrogens (tertiary/aromatic N) is 5. The van der Waals surface area contributed by atoms with Gasteiger partial charge in [0, 0.05) is 18.8 Å². The highest BCUT2D eigenvalue weighted by Crippen LogP contribution is 2.27. The summed E-state index contributed by atoms with van der Waals surface area (Å²) in [4.78, 5) is 33.1. The van der Waals surface area contributed by atoms with Crippen LogP contribution in [0.3, 0.4) is 0 Å². The minimum atomic E-state index is -0.619. The Hall–Kier alpha value is -4.79. The first-order valence-corrected chi connectivity index (χ1v) is 13.1. The van der Waals surface area contributed by atoms with Gasteiger partial charge in [0.2, 0.25) is 0 Å². The Labute approximate surface area is 225 Å². The molecule has 3 heterocycles. The number of aromatic nitrogens is 5. The van der Waals surface area contributed by atoms with Crippen molar-refractivity contribution in [3.8, 4) is 5.69 Å². The molecule has 0 atom stereocenters. The van der Waals surface area contributed by atoms with Gasteiger partial charge in [0.1, 0.15) is 11.4 Å². The molecule has 9 nitrogen and oxygen atoms in total. The van der Waals surface area contributed by atoms with E-state index in [0.717, 1.165) is 22.6 Å². The van der Waals surface area contributed by atoms with Crippen molar-refractivity contribution in [2.24, 2.45) is 11.7 Å². The fourth-order valence-electron chi connectivity index (χ4n) is 5.05. The number of para-hydroxylation sites is 1. The fraction of sp³-hybridized carbons (Fsp3) is 0.233. The second-order valence-electron chi connectivity index (χ2n) is 9.52. The average molecular weight is 522 g/mol. The first kappa shape index (κ1) is 25.8. The van der Waals surface area contributed by atoms with Gasteiger partial charge in [0.25, 0.3) is 11.5 Å². The summed E-state index contributed by atoms with van der Waals surface area (Å²) in [7, 11) is 0. The highest BCUT2D eigenvalue weighted by Gasteiger charge is 2.16. The van der Waals surface area contributed by atoms with Gasteiger partial charge in [-0.25, -0.2) is 14.5 Å². The monoisotopic (exact) mass is 521 g/mol. The molecule has 1 aliphatic rings. The molecule has 0 bridgehead atoms. The number of allylic oxidation sites excluding steroid dienone is 1. The standard InChI is InChI=1S/C23H24N2O.C7H7N5O/c1-2-21-24-20-14-8-11-18(16-15-17-9-6-7-10-17)22(20)23(26)25(21)19-12-4-3-5-13-19;8-5-4(6(9)13)7-10-2-1-3-12(7)11-5/h3-5,8,11-17H,2,6-7,9-10H2,1H3;1-3H,(H2,8,11)(H2,9,13)/b16-15+;. The minimum Gasteiger partial charge on any atom is -0.381 e. The minimum absolute atomic E-state index is 0.0183. The number of nitrogens with two attached hydrogens (primary N) is 2. The molecule has 2 aromatic carbocycles. The number of primary amides is 1. The molecule has 9 heteroatoms. The summed E-state index contributed by atoms with van der Waals surface area (Å²) in [6.45, 7) is 2.04. The predicted molar refractivity (Wildman–Crippen MR) is 154 cm³/mol. The number of fused-ring (bicyclic) bond motifs is 2. The highest BCUT2D eigenvalue weighted by molar-refractivity contribution is 6.03. The zero-order valence-corrected chi connectivity index (χ0v) is 21.8. The Balaban J connectivity index is 0.000000198. The number of carbonyl (C=O) groups excluding carboxylic acids is 1. The van der Waals surface area contributed by atoms with Crippen LogP contribution in [0.5, 0.6) is 0 Å². The molecule has 3 aromatic heterocycles. The molecule has 0 spiro atoms. The summed E-state index contributed by atoms with van der Waals surface area (Å²) < 4.78 is 3.17. The van der Waals surface area contributed by atoms with Gasteiger partial charge in [-0.3, -0.25) is 14.2 Å². The zero-order valence-electron chi connectivity index (χ0n) is 21.8. The number of carbonyl (C=O) groups is 1. The van der Waals surface area contributed by atoms with Crippen LogP contribution in [0, 0.1) is 5.92 Å². The molecule has 1 aliphatic carbocycles. The maximum absolute atomic E-state index is 13.4. The number of nitrogen functional groups attached to an aromatic ring is 1. The molecule has 198 valence electrons. The van der Waals surface area contributed by atoms with Gasteiger partial charge in [0.05, 0.1) is 16.6 Å². The molecule has 0 aliphatic heterocycles. The molecule has 1 amide bonds. The van der Waals surface area contributed by atoms with E-state index in [4.69, 9.17) is 16.5 Å². The van der Waals surface area contributed by atoms with Gasteiger partial charge >= 0.3 is 0 Å². The molecule has 1 fully saturated rings. The molecule has 0 radical (unpaired) electrons. The third-order valence-electron chi connectivity index (χ3n) is 6.95. The third kappa shape index (κ3) is 5.29. The van der Waals surface area contributed by atoms with Gasteiger partial charge in [-0.15, -0.1) is 5.10 Å². The van der Waals surface area contributed by atoms with E-state index in [9.17, 15) is 9.59 Å². The average Bonchev–Trinajstić information content (AvgIpc) is 3.59. The Morgan fingerprint density at radius 2 is 1.85 bits per heavy atom. The molecule has 0 saturated heterocycles. The topological polar surface area (TPSA) is 134 Å². The fourth-order valence-corrected chi connectivity index (χ4v) is 5.05. The summed E-state index contributed by atoms with van der Waals surface area (Å²) in [5.74, 6) is 0.924. The first-order valence-electron chi connectivity index (χ1n) is 13.1. The second kappa shape index (κ2) is 11.3. The van der Waals surface area contributed by atoms with Crippen molar-refractivity contribution in [3.63, 3.8) is 0 Å². The van der Waals surface area contributed by atoms with E-state index < -0.39 is 5.91 Å². The van der Waals surface area contributed by atoms with Crippen molar-refractivity contribution in [2.45, 2.75) is 39.0 Å². The van der Waals surface area contributed by atoms with E-state index in [-0.39, 0.29) is 16.9 Å². The maximum Gasteiger partial charge on any atom is 0.266 e. The summed E-state index contributed by atoms with van der Waals surface area (Å²) >= 11 is 0. The molecular formula is C30H31N7O2. The molecule has 39 heavy (non-hydrogen) atoms. The van der Waals surface area contributed by atoms with Crippen molar-refractivity contribution < 1.29 is 4.79 Å². The predicted octanol–water partition coefficient (Wildman–Crippen LogP) is 4.56. The molecule has 6 rings (SSSR count). The van der Waals surface area contributed by atoms with E-state index in [2.05, 4.69) is 22.2 Å². The number of hydrogen-bond acceptors (Lipinski definition) is 6. The first-order chi connectivity index (χ1) is 19.0. The van der Waals surface area contributed by atoms with Crippen LogP contribution in [0.2, 0.25) is 0 Å². The Kier molecular flexibility index (Phi) is 7.49. The Morgan fingerprint density at radius 1 is 1.08 bits per heavy atom. The van der Waals surface area contributed by atoms with Crippen LogP contribution >= 0.6 is 0 Å². The lowest BCUT2D eigenvalue weighted by Gasteiger charge is -2.13. The van der Waals surface area contributed by atoms with Crippen LogP contribution < -0.4 is 17.0 Å². The summed E-state index contributed by atoms with van der Waals surface area (Å²) in [5.41, 5.74) is 13.8. The number of amides is 1. The van der Waals surface area contributed by atoms with Crippen LogP contribution in [-0.2, 0) is 6.42 Å². The van der Waals surface area contributed by atoms with Crippen molar-refractivity contribution in [3.05, 3.63) is 100 Å². The quantitative estimate of drug-likeness (QED) is 0.348. The van der Waals surface area contributed by atoms with E-state index in [1.165, 1.54) is 30.2 Å². The highest BCUT2D eigenvalue weighted by atomic mass is 16.1. The SMILES string of the molecule is CCc1nc2cccc(/C=C/C3CCCC3)c2c(=O)n1-c1ccccc1.NC(=O)c1c(N)nn2cccnc12. The molecular weight excluding hydrogens is 490 g/mol. The smallest absolute Gasteiger partial charge is 0.266 e. The van der Waals surface area contributed by atoms with Gasteiger partial charge in [-0.1, -0.05) is 62.2 Å². The second-order valence-corrected chi connectivity index (χ2v) is 9.52. The summed E-state index contributed by atoms with van der Waals surface area (Å²) in [5, 5.41) is 4.58. The van der Waals surface area contributed by atoms with Crippen molar-refractivity contribution in [2.75, 3.05) is 5.73 Å². The largest absolute Gasteiger partial charge is 0.381 e. The Morgan fingerprint density at radius 3 is 2.56 bits per heavy atom. The van der Waals surface area contributed by atoms with Gasteiger partial charge < -0.3 is 11.5 Å².